The molecule has 0 amide bonds. The highest BCUT2D eigenvalue weighted by Gasteiger charge is 2.32. The molecule has 1 aliphatic carbocycles. The third-order valence-electron chi connectivity index (χ3n) is 4.67. The van der Waals surface area contributed by atoms with Gasteiger partial charge >= 0.3 is 0 Å². The number of aromatic amines is 1. The molecule has 1 N–H and O–H groups in total. The van der Waals surface area contributed by atoms with Gasteiger partial charge < -0.3 is 4.74 Å². The first kappa shape index (κ1) is 11.0. The van der Waals surface area contributed by atoms with Crippen LogP contribution >= 0.6 is 0 Å². The molecule has 2 aliphatic heterocycles. The summed E-state index contributed by atoms with van der Waals surface area (Å²) in [6, 6.07) is 0.659. The quantitative estimate of drug-likeness (QED) is 0.860. The molecule has 3 heterocycles. The van der Waals surface area contributed by atoms with Gasteiger partial charge in [-0.1, -0.05) is 0 Å². The van der Waals surface area contributed by atoms with E-state index in [0.717, 1.165) is 32.1 Å². The Bertz CT molecular complexity index is 432. The third-order valence-corrected chi connectivity index (χ3v) is 4.67. The number of nitrogens with zero attached hydrogens (tertiary/aromatic N) is 2. The first-order valence-electron chi connectivity index (χ1n) is 7.29. The molecule has 18 heavy (non-hydrogen) atoms. The number of aromatic nitrogens is 2. The van der Waals surface area contributed by atoms with Crippen molar-refractivity contribution in [1.29, 1.82) is 0 Å². The Hall–Kier alpha value is -0.870. The van der Waals surface area contributed by atoms with E-state index in [0.29, 0.717) is 6.04 Å². The van der Waals surface area contributed by atoms with Crippen molar-refractivity contribution in [2.45, 2.75) is 44.1 Å². The fourth-order valence-corrected chi connectivity index (χ4v) is 3.40. The Labute approximate surface area is 108 Å². The van der Waals surface area contributed by atoms with E-state index in [-0.39, 0.29) is 0 Å². The van der Waals surface area contributed by atoms with Crippen LogP contribution in [-0.2, 0) is 17.6 Å². The molecule has 1 atom stereocenters. The normalized spacial score (nSPS) is 29.2. The maximum Gasteiger partial charge on any atom is 0.0688 e. The van der Waals surface area contributed by atoms with Crippen LogP contribution in [0.3, 0.4) is 0 Å². The van der Waals surface area contributed by atoms with Gasteiger partial charge in [-0.15, -0.1) is 0 Å². The molecule has 1 aromatic heterocycles. The van der Waals surface area contributed by atoms with Crippen LogP contribution in [0.5, 0.6) is 0 Å². The largest absolute Gasteiger partial charge is 0.380 e. The van der Waals surface area contributed by atoms with Gasteiger partial charge in [0.1, 0.15) is 0 Å². The highest BCUT2D eigenvalue weighted by molar-refractivity contribution is 5.32. The minimum atomic E-state index is 0.659. The molecule has 1 aromatic rings. The van der Waals surface area contributed by atoms with E-state index in [1.165, 1.54) is 43.6 Å². The molecule has 1 unspecified atom stereocenters. The molecule has 4 heteroatoms. The second kappa shape index (κ2) is 4.35. The molecule has 2 fully saturated rings. The lowest BCUT2D eigenvalue weighted by Gasteiger charge is -2.25. The predicted molar refractivity (Wildman–Crippen MR) is 68.8 cm³/mol. The van der Waals surface area contributed by atoms with Gasteiger partial charge in [-0.2, -0.15) is 5.10 Å². The van der Waals surface area contributed by atoms with Crippen molar-refractivity contribution in [2.24, 2.45) is 0 Å². The Balaban J connectivity index is 1.51. The zero-order chi connectivity index (χ0) is 11.9. The van der Waals surface area contributed by atoms with E-state index < -0.39 is 0 Å². The number of nitrogens with one attached hydrogen (secondary N) is 1. The summed E-state index contributed by atoms with van der Waals surface area (Å²) in [5.41, 5.74) is 4.33. The molecule has 4 rings (SSSR count). The standard InChI is InChI=1S/C14H21N3O/c1-2-10(1)14-12-3-6-17(11-5-8-18-9-11)7-4-13(12)15-16-14/h10-11H,1-9H2,(H,15,16). The summed E-state index contributed by atoms with van der Waals surface area (Å²) >= 11 is 0. The van der Waals surface area contributed by atoms with E-state index in [1.807, 2.05) is 0 Å². The Kier molecular flexibility index (Phi) is 2.66. The van der Waals surface area contributed by atoms with E-state index in [4.69, 9.17) is 4.74 Å². The second-order valence-corrected chi connectivity index (χ2v) is 5.89. The molecule has 4 nitrogen and oxygen atoms in total. The van der Waals surface area contributed by atoms with Crippen molar-refractivity contribution in [1.82, 2.24) is 15.1 Å². The fourth-order valence-electron chi connectivity index (χ4n) is 3.40. The van der Waals surface area contributed by atoms with Crippen molar-refractivity contribution >= 4 is 0 Å². The van der Waals surface area contributed by atoms with Crippen LogP contribution in [0.25, 0.3) is 0 Å². The van der Waals surface area contributed by atoms with Gasteiger partial charge in [0.05, 0.1) is 12.3 Å². The van der Waals surface area contributed by atoms with E-state index in [2.05, 4.69) is 15.1 Å². The second-order valence-electron chi connectivity index (χ2n) is 5.89. The fraction of sp³-hybridized carbons (Fsp3) is 0.786. The summed E-state index contributed by atoms with van der Waals surface area (Å²) in [6.45, 7) is 4.22. The van der Waals surface area contributed by atoms with Gasteiger partial charge in [0.25, 0.3) is 0 Å². The number of fused-ring (bicyclic) bond motifs is 1. The minimum absolute atomic E-state index is 0.659. The van der Waals surface area contributed by atoms with Crippen molar-refractivity contribution in [3.63, 3.8) is 0 Å². The highest BCUT2D eigenvalue weighted by atomic mass is 16.5. The lowest BCUT2D eigenvalue weighted by Crippen LogP contribution is -2.37. The monoisotopic (exact) mass is 247 g/mol. The third kappa shape index (κ3) is 1.88. The Morgan fingerprint density at radius 2 is 2.06 bits per heavy atom. The van der Waals surface area contributed by atoms with Crippen LogP contribution in [-0.4, -0.2) is 47.4 Å². The summed E-state index contributed by atoms with van der Waals surface area (Å²) in [5, 5.41) is 7.85. The first-order chi connectivity index (χ1) is 8.92. The summed E-state index contributed by atoms with van der Waals surface area (Å²) < 4.78 is 5.52. The van der Waals surface area contributed by atoms with Crippen molar-refractivity contribution in [3.8, 4) is 0 Å². The average Bonchev–Trinajstić information content (AvgIpc) is 3.01. The van der Waals surface area contributed by atoms with Crippen molar-refractivity contribution in [2.75, 3.05) is 26.3 Å². The summed E-state index contributed by atoms with van der Waals surface area (Å²) in [7, 11) is 0. The number of H-pyrrole nitrogens is 1. The average molecular weight is 247 g/mol. The highest BCUT2D eigenvalue weighted by Crippen LogP contribution is 2.41. The molecular formula is C14H21N3O. The van der Waals surface area contributed by atoms with Crippen molar-refractivity contribution < 1.29 is 4.74 Å². The number of hydrogen-bond donors (Lipinski definition) is 1. The van der Waals surface area contributed by atoms with Gasteiger partial charge in [-0.3, -0.25) is 10.00 Å². The minimum Gasteiger partial charge on any atom is -0.380 e. The van der Waals surface area contributed by atoms with Crippen LogP contribution in [0.2, 0.25) is 0 Å². The molecule has 1 saturated heterocycles. The maximum atomic E-state index is 5.52. The molecule has 1 saturated carbocycles. The topological polar surface area (TPSA) is 41.2 Å². The van der Waals surface area contributed by atoms with Gasteiger partial charge in [-0.25, -0.2) is 0 Å². The number of rotatable bonds is 2. The van der Waals surface area contributed by atoms with Gasteiger partial charge in [0, 0.05) is 43.8 Å². The SMILES string of the molecule is C1CC(N2CCc3[nH]nc(C4CC4)c3CC2)CO1. The molecule has 3 aliphatic rings. The number of hydrogen-bond acceptors (Lipinski definition) is 3. The van der Waals surface area contributed by atoms with Gasteiger partial charge in [0.15, 0.2) is 0 Å². The lowest BCUT2D eigenvalue weighted by molar-refractivity contribution is 0.146. The Morgan fingerprint density at radius 3 is 2.83 bits per heavy atom. The zero-order valence-electron chi connectivity index (χ0n) is 10.8. The van der Waals surface area contributed by atoms with Crippen LogP contribution in [0, 0.1) is 0 Å². The Morgan fingerprint density at radius 1 is 1.17 bits per heavy atom. The number of ether oxygens (including phenoxy) is 1. The molecule has 98 valence electrons. The van der Waals surface area contributed by atoms with Gasteiger partial charge in [-0.05, 0) is 31.2 Å². The van der Waals surface area contributed by atoms with E-state index in [9.17, 15) is 0 Å². The first-order valence-corrected chi connectivity index (χ1v) is 7.29. The van der Waals surface area contributed by atoms with E-state index >= 15 is 0 Å². The van der Waals surface area contributed by atoms with Crippen LogP contribution in [0.15, 0.2) is 0 Å². The molecule has 0 spiro atoms. The smallest absolute Gasteiger partial charge is 0.0688 e. The lowest BCUT2D eigenvalue weighted by atomic mass is 10.1. The predicted octanol–water partition coefficient (Wildman–Crippen LogP) is 1.48. The van der Waals surface area contributed by atoms with Crippen molar-refractivity contribution in [3.05, 3.63) is 17.0 Å². The summed E-state index contributed by atoms with van der Waals surface area (Å²) in [5.74, 6) is 0.770. The summed E-state index contributed by atoms with van der Waals surface area (Å²) in [6.07, 6.45) is 6.20. The molecule has 0 radical (unpaired) electrons. The van der Waals surface area contributed by atoms with Crippen LogP contribution < -0.4 is 0 Å². The van der Waals surface area contributed by atoms with Gasteiger partial charge in [0.2, 0.25) is 0 Å². The molecule has 0 bridgehead atoms. The van der Waals surface area contributed by atoms with Crippen LogP contribution in [0.4, 0.5) is 0 Å². The summed E-state index contributed by atoms with van der Waals surface area (Å²) in [4.78, 5) is 2.62. The molecule has 0 aromatic carbocycles. The molecular weight excluding hydrogens is 226 g/mol. The van der Waals surface area contributed by atoms with E-state index in [1.54, 1.807) is 5.56 Å². The zero-order valence-corrected chi connectivity index (χ0v) is 10.8. The maximum absolute atomic E-state index is 5.52. The van der Waals surface area contributed by atoms with Crippen LogP contribution in [0.1, 0.15) is 42.1 Å².